The lowest BCUT2D eigenvalue weighted by Crippen LogP contribution is -2.63. The second-order valence-corrected chi connectivity index (χ2v) is 10.6. The first-order valence-corrected chi connectivity index (χ1v) is 10.4. The molecule has 4 nitrogen and oxygen atoms in total. The van der Waals surface area contributed by atoms with E-state index in [1.807, 2.05) is 0 Å². The summed E-state index contributed by atoms with van der Waals surface area (Å²) in [4.78, 5) is 13.3. The van der Waals surface area contributed by atoms with Crippen LogP contribution in [0.1, 0.15) is 93.4 Å². The third-order valence-corrected chi connectivity index (χ3v) is 7.21. The molecule has 6 atom stereocenters. The van der Waals surface area contributed by atoms with Gasteiger partial charge in [0.1, 0.15) is 11.5 Å². The number of esters is 1. The lowest BCUT2D eigenvalue weighted by Gasteiger charge is -2.50. The summed E-state index contributed by atoms with van der Waals surface area (Å²) in [6.07, 6.45) is 5.10. The molecule has 2 rings (SSSR count). The largest absolute Gasteiger partial charge is 0.461 e. The standard InChI is InChI=1S/C22H40O4/c1-8-9-16(3)17-13-22(18(23)26-17)20(6,24)12-15(2)10-11-19(4,5)14-21(22,7)25/h15-17,24-25H,8-14H2,1-7H3. The molecule has 0 aromatic rings. The van der Waals surface area contributed by atoms with Gasteiger partial charge in [-0.05, 0) is 56.8 Å². The molecule has 0 amide bonds. The Morgan fingerprint density at radius 1 is 1.15 bits per heavy atom. The van der Waals surface area contributed by atoms with E-state index in [2.05, 4.69) is 34.6 Å². The van der Waals surface area contributed by atoms with Gasteiger partial charge in [-0.2, -0.15) is 0 Å². The second-order valence-electron chi connectivity index (χ2n) is 10.6. The topological polar surface area (TPSA) is 66.8 Å². The Hall–Kier alpha value is -0.610. The normalized spacial score (nSPS) is 44.9. The number of cyclic esters (lactones) is 1. The number of hydrogen-bond acceptors (Lipinski definition) is 4. The molecule has 2 aliphatic rings. The Labute approximate surface area is 159 Å². The Bertz CT molecular complexity index is 522. The van der Waals surface area contributed by atoms with Gasteiger partial charge < -0.3 is 14.9 Å². The molecule has 4 heteroatoms. The first-order valence-electron chi connectivity index (χ1n) is 10.4. The molecule has 1 heterocycles. The first-order chi connectivity index (χ1) is 11.8. The van der Waals surface area contributed by atoms with Crippen molar-refractivity contribution in [2.45, 2.75) is 111 Å². The van der Waals surface area contributed by atoms with E-state index in [9.17, 15) is 15.0 Å². The Balaban J connectivity index is 2.53. The molecule has 2 fully saturated rings. The molecule has 1 aliphatic heterocycles. The Morgan fingerprint density at radius 3 is 2.35 bits per heavy atom. The summed E-state index contributed by atoms with van der Waals surface area (Å²) in [5.74, 6) is 0.105. The van der Waals surface area contributed by atoms with E-state index in [0.717, 1.165) is 25.7 Å². The predicted molar refractivity (Wildman–Crippen MR) is 104 cm³/mol. The van der Waals surface area contributed by atoms with Crippen LogP contribution < -0.4 is 0 Å². The zero-order valence-electron chi connectivity index (χ0n) is 17.9. The lowest BCUT2D eigenvalue weighted by atomic mass is 9.56. The van der Waals surface area contributed by atoms with Crippen LogP contribution in [-0.4, -0.2) is 33.5 Å². The molecule has 2 N–H and O–H groups in total. The van der Waals surface area contributed by atoms with Gasteiger partial charge in [-0.15, -0.1) is 0 Å². The number of hydrogen-bond donors (Lipinski definition) is 2. The fourth-order valence-electron chi connectivity index (χ4n) is 5.85. The zero-order valence-corrected chi connectivity index (χ0v) is 17.9. The summed E-state index contributed by atoms with van der Waals surface area (Å²) in [6, 6.07) is 0. The molecule has 0 aromatic heterocycles. The molecule has 152 valence electrons. The van der Waals surface area contributed by atoms with Crippen LogP contribution in [0.2, 0.25) is 0 Å². The number of ether oxygens (including phenoxy) is 1. The van der Waals surface area contributed by atoms with E-state index in [0.29, 0.717) is 19.3 Å². The lowest BCUT2D eigenvalue weighted by molar-refractivity contribution is -0.203. The van der Waals surface area contributed by atoms with E-state index in [-0.39, 0.29) is 23.4 Å². The Kier molecular flexibility index (Phi) is 5.91. The van der Waals surface area contributed by atoms with E-state index < -0.39 is 22.6 Å². The third-order valence-electron chi connectivity index (χ3n) is 7.21. The van der Waals surface area contributed by atoms with Crippen LogP contribution in [0.5, 0.6) is 0 Å². The van der Waals surface area contributed by atoms with Crippen molar-refractivity contribution < 1.29 is 19.7 Å². The smallest absolute Gasteiger partial charge is 0.318 e. The molecule has 0 radical (unpaired) electrons. The van der Waals surface area contributed by atoms with E-state index in [1.165, 1.54) is 0 Å². The van der Waals surface area contributed by atoms with Crippen LogP contribution in [0, 0.1) is 22.7 Å². The average Bonchev–Trinajstić information content (AvgIpc) is 2.84. The minimum absolute atomic E-state index is 0.0986. The molecule has 1 aliphatic carbocycles. The van der Waals surface area contributed by atoms with Gasteiger partial charge in [0.2, 0.25) is 0 Å². The summed E-state index contributed by atoms with van der Waals surface area (Å²) in [5, 5.41) is 23.2. The van der Waals surface area contributed by atoms with Gasteiger partial charge >= 0.3 is 5.97 Å². The van der Waals surface area contributed by atoms with E-state index >= 15 is 0 Å². The van der Waals surface area contributed by atoms with Crippen molar-refractivity contribution >= 4 is 5.97 Å². The van der Waals surface area contributed by atoms with Crippen LogP contribution in [0.25, 0.3) is 0 Å². The fraction of sp³-hybridized carbons (Fsp3) is 0.955. The molecular formula is C22H40O4. The molecule has 6 unspecified atom stereocenters. The Morgan fingerprint density at radius 2 is 1.77 bits per heavy atom. The molecular weight excluding hydrogens is 328 g/mol. The molecule has 1 saturated carbocycles. The molecule has 0 aromatic carbocycles. The summed E-state index contributed by atoms with van der Waals surface area (Å²) in [6.45, 7) is 14.2. The number of carbonyl (C=O) groups excluding carboxylic acids is 1. The summed E-state index contributed by atoms with van der Waals surface area (Å²) >= 11 is 0. The summed E-state index contributed by atoms with van der Waals surface area (Å²) in [7, 11) is 0. The van der Waals surface area contributed by atoms with Crippen molar-refractivity contribution in [3.8, 4) is 0 Å². The molecule has 1 saturated heterocycles. The van der Waals surface area contributed by atoms with E-state index in [4.69, 9.17) is 4.74 Å². The highest BCUT2D eigenvalue weighted by molar-refractivity contribution is 5.82. The highest BCUT2D eigenvalue weighted by Crippen LogP contribution is 2.58. The van der Waals surface area contributed by atoms with E-state index in [1.54, 1.807) is 13.8 Å². The molecule has 0 bridgehead atoms. The van der Waals surface area contributed by atoms with Crippen molar-refractivity contribution in [2.24, 2.45) is 22.7 Å². The summed E-state index contributed by atoms with van der Waals surface area (Å²) < 4.78 is 5.82. The van der Waals surface area contributed by atoms with Crippen LogP contribution in [-0.2, 0) is 9.53 Å². The minimum atomic E-state index is -1.32. The van der Waals surface area contributed by atoms with Gasteiger partial charge in [-0.25, -0.2) is 0 Å². The van der Waals surface area contributed by atoms with Gasteiger partial charge in [-0.1, -0.05) is 47.5 Å². The molecule has 1 spiro atoms. The number of rotatable bonds is 3. The number of aliphatic hydroxyl groups is 2. The highest BCUT2D eigenvalue weighted by Gasteiger charge is 2.69. The van der Waals surface area contributed by atoms with Gasteiger partial charge in [0.05, 0.1) is 11.2 Å². The highest BCUT2D eigenvalue weighted by atomic mass is 16.6. The number of carbonyl (C=O) groups is 1. The minimum Gasteiger partial charge on any atom is -0.461 e. The van der Waals surface area contributed by atoms with Gasteiger partial charge in [-0.3, -0.25) is 4.79 Å². The maximum atomic E-state index is 13.3. The first kappa shape index (κ1) is 21.7. The van der Waals surface area contributed by atoms with Crippen LogP contribution >= 0.6 is 0 Å². The van der Waals surface area contributed by atoms with Crippen molar-refractivity contribution in [3.63, 3.8) is 0 Å². The quantitative estimate of drug-likeness (QED) is 0.722. The monoisotopic (exact) mass is 368 g/mol. The van der Waals surface area contributed by atoms with Crippen LogP contribution in [0.3, 0.4) is 0 Å². The second kappa shape index (κ2) is 7.09. The SMILES string of the molecule is CCCC(C)C1CC2(C(=O)O1)C(C)(O)CC(C)CCC(C)(C)CC2(C)O. The zero-order chi connectivity index (χ0) is 20.0. The van der Waals surface area contributed by atoms with Gasteiger partial charge in [0.25, 0.3) is 0 Å². The van der Waals surface area contributed by atoms with Gasteiger partial charge in [0, 0.05) is 6.42 Å². The van der Waals surface area contributed by atoms with Crippen molar-refractivity contribution in [1.29, 1.82) is 0 Å². The van der Waals surface area contributed by atoms with Crippen molar-refractivity contribution in [2.75, 3.05) is 0 Å². The molecule has 26 heavy (non-hydrogen) atoms. The third kappa shape index (κ3) is 3.69. The van der Waals surface area contributed by atoms with Crippen LogP contribution in [0.15, 0.2) is 0 Å². The van der Waals surface area contributed by atoms with Crippen LogP contribution in [0.4, 0.5) is 0 Å². The van der Waals surface area contributed by atoms with Crippen molar-refractivity contribution in [3.05, 3.63) is 0 Å². The van der Waals surface area contributed by atoms with Gasteiger partial charge in [0.15, 0.2) is 0 Å². The maximum Gasteiger partial charge on any atom is 0.318 e. The van der Waals surface area contributed by atoms with Crippen molar-refractivity contribution in [1.82, 2.24) is 0 Å². The summed E-state index contributed by atoms with van der Waals surface area (Å²) in [5.41, 5.74) is -3.99. The predicted octanol–water partition coefficient (Wildman–Crippen LogP) is 4.46. The average molecular weight is 369 g/mol. The maximum absolute atomic E-state index is 13.3. The fourth-order valence-corrected chi connectivity index (χ4v) is 5.85.